The van der Waals surface area contributed by atoms with Crippen molar-refractivity contribution in [2.75, 3.05) is 13.1 Å². The number of piperazine rings is 1. The molecule has 1 N–H and O–H groups in total. The smallest absolute Gasteiger partial charge is 0.0324 e. The van der Waals surface area contributed by atoms with Crippen LogP contribution >= 0.6 is 15.9 Å². The van der Waals surface area contributed by atoms with Crippen LogP contribution in [0.2, 0.25) is 0 Å². The normalized spacial score (nSPS) is 25.2. The first-order valence-electron chi connectivity index (χ1n) is 7.19. The standard InChI is InChI=1S/C16H25BrN2/c1-5-15-10-18-16(3,4)11-19(15)12(2)13-6-8-14(17)9-7-13/h6-9,12,15,18H,5,10-11H2,1-4H3. The van der Waals surface area contributed by atoms with Crippen LogP contribution in [0.5, 0.6) is 0 Å². The zero-order valence-electron chi connectivity index (χ0n) is 12.4. The topological polar surface area (TPSA) is 15.3 Å². The molecule has 1 aromatic rings. The second-order valence-corrected chi connectivity index (χ2v) is 7.14. The van der Waals surface area contributed by atoms with Crippen LogP contribution in [-0.4, -0.2) is 29.6 Å². The summed E-state index contributed by atoms with van der Waals surface area (Å²) in [6.45, 7) is 11.4. The fourth-order valence-corrected chi connectivity index (χ4v) is 3.18. The highest BCUT2D eigenvalue weighted by Gasteiger charge is 2.34. The van der Waals surface area contributed by atoms with Gasteiger partial charge in [0.1, 0.15) is 0 Å². The molecule has 3 heteroatoms. The van der Waals surface area contributed by atoms with Gasteiger partial charge >= 0.3 is 0 Å². The molecule has 0 spiro atoms. The van der Waals surface area contributed by atoms with Gasteiger partial charge in [-0.05, 0) is 44.9 Å². The summed E-state index contributed by atoms with van der Waals surface area (Å²) in [5.41, 5.74) is 1.61. The molecule has 2 atom stereocenters. The lowest BCUT2D eigenvalue weighted by atomic mass is 9.94. The van der Waals surface area contributed by atoms with Gasteiger partial charge < -0.3 is 5.32 Å². The SMILES string of the molecule is CCC1CNC(C)(C)CN1C(C)c1ccc(Br)cc1. The Morgan fingerprint density at radius 2 is 2.00 bits per heavy atom. The molecule has 106 valence electrons. The minimum atomic E-state index is 0.204. The Bertz CT molecular complexity index is 413. The average Bonchev–Trinajstić information content (AvgIpc) is 2.38. The lowest BCUT2D eigenvalue weighted by molar-refractivity contribution is 0.0580. The molecule has 0 amide bonds. The maximum Gasteiger partial charge on any atom is 0.0324 e. The second kappa shape index (κ2) is 5.94. The van der Waals surface area contributed by atoms with E-state index in [2.05, 4.69) is 78.1 Å². The van der Waals surface area contributed by atoms with E-state index < -0.39 is 0 Å². The van der Waals surface area contributed by atoms with E-state index in [1.165, 1.54) is 12.0 Å². The van der Waals surface area contributed by atoms with Crippen molar-refractivity contribution in [1.29, 1.82) is 0 Å². The van der Waals surface area contributed by atoms with Gasteiger partial charge in [0.2, 0.25) is 0 Å². The molecule has 0 aliphatic carbocycles. The summed E-state index contributed by atoms with van der Waals surface area (Å²) in [6, 6.07) is 9.85. The van der Waals surface area contributed by atoms with Crippen LogP contribution < -0.4 is 5.32 Å². The van der Waals surface area contributed by atoms with Crippen LogP contribution in [0.3, 0.4) is 0 Å². The van der Waals surface area contributed by atoms with E-state index in [1.54, 1.807) is 0 Å². The van der Waals surface area contributed by atoms with Gasteiger partial charge in [-0.2, -0.15) is 0 Å². The molecule has 1 heterocycles. The number of halogens is 1. The van der Waals surface area contributed by atoms with Gasteiger partial charge in [0.25, 0.3) is 0 Å². The van der Waals surface area contributed by atoms with Crippen LogP contribution in [0.4, 0.5) is 0 Å². The van der Waals surface area contributed by atoms with Gasteiger partial charge in [-0.1, -0.05) is 35.0 Å². The van der Waals surface area contributed by atoms with Gasteiger partial charge in [-0.15, -0.1) is 0 Å². The molecule has 1 aliphatic rings. The van der Waals surface area contributed by atoms with Crippen LogP contribution in [0.25, 0.3) is 0 Å². The van der Waals surface area contributed by atoms with E-state index in [1.807, 2.05) is 0 Å². The highest BCUT2D eigenvalue weighted by Crippen LogP contribution is 2.29. The van der Waals surface area contributed by atoms with Gasteiger partial charge in [0.05, 0.1) is 0 Å². The summed E-state index contributed by atoms with van der Waals surface area (Å²) in [5.74, 6) is 0. The molecular formula is C16H25BrN2. The van der Waals surface area contributed by atoms with Crippen molar-refractivity contribution in [2.24, 2.45) is 0 Å². The molecule has 1 aromatic carbocycles. The Morgan fingerprint density at radius 1 is 1.37 bits per heavy atom. The summed E-state index contributed by atoms with van der Waals surface area (Å²) in [6.07, 6.45) is 1.20. The van der Waals surface area contributed by atoms with Gasteiger partial charge in [-0.25, -0.2) is 0 Å². The van der Waals surface area contributed by atoms with Gasteiger partial charge in [0.15, 0.2) is 0 Å². The Hall–Kier alpha value is -0.380. The summed E-state index contributed by atoms with van der Waals surface area (Å²) < 4.78 is 1.15. The van der Waals surface area contributed by atoms with E-state index in [0.717, 1.165) is 17.6 Å². The first-order valence-corrected chi connectivity index (χ1v) is 7.98. The lowest BCUT2D eigenvalue weighted by Crippen LogP contribution is -2.61. The average molecular weight is 325 g/mol. The second-order valence-electron chi connectivity index (χ2n) is 6.23. The van der Waals surface area contributed by atoms with Crippen molar-refractivity contribution < 1.29 is 0 Å². The molecule has 0 radical (unpaired) electrons. The number of nitrogens with zero attached hydrogens (tertiary/aromatic N) is 1. The van der Waals surface area contributed by atoms with Crippen molar-refractivity contribution >= 4 is 15.9 Å². The Morgan fingerprint density at radius 3 is 2.58 bits per heavy atom. The van der Waals surface area contributed by atoms with E-state index in [-0.39, 0.29) is 5.54 Å². The Labute approximate surface area is 125 Å². The maximum absolute atomic E-state index is 3.66. The zero-order valence-corrected chi connectivity index (χ0v) is 14.0. The molecule has 19 heavy (non-hydrogen) atoms. The van der Waals surface area contributed by atoms with E-state index in [9.17, 15) is 0 Å². The third kappa shape index (κ3) is 3.59. The Balaban J connectivity index is 2.19. The first kappa shape index (κ1) is 15.0. The molecule has 2 rings (SSSR count). The third-order valence-electron chi connectivity index (χ3n) is 4.18. The predicted octanol–water partition coefficient (Wildman–Crippen LogP) is 3.97. The fraction of sp³-hybridized carbons (Fsp3) is 0.625. The summed E-state index contributed by atoms with van der Waals surface area (Å²) in [7, 11) is 0. The summed E-state index contributed by atoms with van der Waals surface area (Å²) >= 11 is 3.51. The highest BCUT2D eigenvalue weighted by molar-refractivity contribution is 9.10. The molecular weight excluding hydrogens is 300 g/mol. The molecule has 0 aromatic heterocycles. The number of nitrogens with one attached hydrogen (secondary N) is 1. The van der Waals surface area contributed by atoms with Crippen LogP contribution in [0, 0.1) is 0 Å². The van der Waals surface area contributed by atoms with E-state index in [0.29, 0.717) is 12.1 Å². The largest absolute Gasteiger partial charge is 0.309 e. The van der Waals surface area contributed by atoms with Crippen LogP contribution in [0.15, 0.2) is 28.7 Å². The zero-order chi connectivity index (χ0) is 14.0. The van der Waals surface area contributed by atoms with Crippen molar-refractivity contribution in [3.63, 3.8) is 0 Å². The van der Waals surface area contributed by atoms with Crippen molar-refractivity contribution in [3.05, 3.63) is 34.3 Å². The fourth-order valence-electron chi connectivity index (χ4n) is 2.92. The number of rotatable bonds is 3. The molecule has 1 fully saturated rings. The number of hydrogen-bond donors (Lipinski definition) is 1. The molecule has 0 bridgehead atoms. The molecule has 2 nitrogen and oxygen atoms in total. The predicted molar refractivity (Wildman–Crippen MR) is 85.4 cm³/mol. The quantitative estimate of drug-likeness (QED) is 0.904. The van der Waals surface area contributed by atoms with Crippen molar-refractivity contribution in [1.82, 2.24) is 10.2 Å². The maximum atomic E-state index is 3.66. The van der Waals surface area contributed by atoms with Gasteiger partial charge in [-0.3, -0.25) is 4.90 Å². The molecule has 1 aliphatic heterocycles. The molecule has 2 unspecified atom stereocenters. The third-order valence-corrected chi connectivity index (χ3v) is 4.71. The number of hydrogen-bond acceptors (Lipinski definition) is 2. The van der Waals surface area contributed by atoms with Crippen LogP contribution in [-0.2, 0) is 0 Å². The molecule has 1 saturated heterocycles. The van der Waals surface area contributed by atoms with E-state index >= 15 is 0 Å². The first-order chi connectivity index (χ1) is 8.93. The van der Waals surface area contributed by atoms with E-state index in [4.69, 9.17) is 0 Å². The minimum Gasteiger partial charge on any atom is -0.309 e. The van der Waals surface area contributed by atoms with Crippen LogP contribution in [0.1, 0.15) is 45.7 Å². The lowest BCUT2D eigenvalue weighted by Gasteiger charge is -2.47. The van der Waals surface area contributed by atoms with Crippen molar-refractivity contribution in [3.8, 4) is 0 Å². The highest BCUT2D eigenvalue weighted by atomic mass is 79.9. The van der Waals surface area contributed by atoms with Crippen molar-refractivity contribution in [2.45, 2.75) is 51.7 Å². The minimum absolute atomic E-state index is 0.204. The van der Waals surface area contributed by atoms with Gasteiger partial charge in [0, 0.05) is 35.2 Å². The monoisotopic (exact) mass is 324 g/mol. The Kier molecular flexibility index (Phi) is 4.70. The number of benzene rings is 1. The molecule has 0 saturated carbocycles. The summed E-state index contributed by atoms with van der Waals surface area (Å²) in [5, 5.41) is 3.66. The summed E-state index contributed by atoms with van der Waals surface area (Å²) in [4.78, 5) is 2.65.